The quantitative estimate of drug-likeness (QED) is 0.752. The van der Waals surface area contributed by atoms with Gasteiger partial charge in [0.2, 0.25) is 5.88 Å². The van der Waals surface area contributed by atoms with Gasteiger partial charge in [0.05, 0.1) is 11.3 Å². The average molecular weight is 270 g/mol. The number of ether oxygens (including phenoxy) is 1. The Morgan fingerprint density at radius 3 is 2.56 bits per heavy atom. The van der Waals surface area contributed by atoms with Crippen LogP contribution in [-0.4, -0.2) is 45.9 Å². The normalized spacial score (nSPS) is 10.9. The molecule has 1 aromatic rings. The van der Waals surface area contributed by atoms with Crippen molar-refractivity contribution in [3.05, 3.63) is 11.3 Å². The summed E-state index contributed by atoms with van der Waals surface area (Å²) in [6.45, 7) is 9.69. The van der Waals surface area contributed by atoms with Crippen molar-refractivity contribution < 1.29 is 4.74 Å². The summed E-state index contributed by atoms with van der Waals surface area (Å²) in [5, 5.41) is 4.28. The first-order valence-corrected chi connectivity index (χ1v) is 6.60. The summed E-state index contributed by atoms with van der Waals surface area (Å²) >= 11 is 5.03. The molecule has 102 valence electrons. The summed E-state index contributed by atoms with van der Waals surface area (Å²) in [5.74, 6) is 0.659. The van der Waals surface area contributed by atoms with Gasteiger partial charge in [-0.25, -0.2) is 4.68 Å². The molecule has 0 aliphatic carbocycles. The molecule has 0 amide bonds. The number of rotatable bonds is 7. The van der Waals surface area contributed by atoms with Crippen LogP contribution in [0.1, 0.15) is 25.1 Å². The van der Waals surface area contributed by atoms with Crippen LogP contribution in [0.25, 0.3) is 0 Å². The van der Waals surface area contributed by atoms with E-state index in [0.717, 1.165) is 30.9 Å². The molecule has 5 nitrogen and oxygen atoms in total. The van der Waals surface area contributed by atoms with Crippen LogP contribution in [0.4, 0.5) is 0 Å². The highest BCUT2D eigenvalue weighted by atomic mass is 32.1. The van der Waals surface area contributed by atoms with E-state index in [1.807, 2.05) is 14.0 Å². The zero-order valence-corrected chi connectivity index (χ0v) is 12.4. The zero-order chi connectivity index (χ0) is 13.7. The van der Waals surface area contributed by atoms with Gasteiger partial charge in [0.25, 0.3) is 0 Å². The Morgan fingerprint density at radius 2 is 2.06 bits per heavy atom. The highest BCUT2D eigenvalue weighted by Crippen LogP contribution is 2.20. The number of hydrogen-bond acceptors (Lipinski definition) is 4. The molecule has 0 aliphatic rings. The van der Waals surface area contributed by atoms with E-state index in [2.05, 4.69) is 23.8 Å². The summed E-state index contributed by atoms with van der Waals surface area (Å²) in [5.41, 5.74) is 7.25. The molecule has 0 saturated carbocycles. The molecule has 6 heteroatoms. The van der Waals surface area contributed by atoms with E-state index >= 15 is 0 Å². The lowest BCUT2D eigenvalue weighted by Crippen LogP contribution is -2.28. The van der Waals surface area contributed by atoms with E-state index in [1.165, 1.54) is 0 Å². The van der Waals surface area contributed by atoms with Gasteiger partial charge in [-0.1, -0.05) is 26.1 Å². The van der Waals surface area contributed by atoms with Crippen molar-refractivity contribution in [3.8, 4) is 5.88 Å². The number of nitrogens with zero attached hydrogens (tertiary/aromatic N) is 3. The number of nitrogens with two attached hydrogens (primary N) is 1. The van der Waals surface area contributed by atoms with Crippen LogP contribution >= 0.6 is 12.2 Å². The minimum atomic E-state index is 0.332. The summed E-state index contributed by atoms with van der Waals surface area (Å²) in [6, 6.07) is 0. The Bertz CT molecular complexity index is 412. The third-order valence-electron chi connectivity index (χ3n) is 2.96. The molecule has 0 aromatic carbocycles. The molecule has 2 N–H and O–H groups in total. The molecular weight excluding hydrogens is 248 g/mol. The highest BCUT2D eigenvalue weighted by molar-refractivity contribution is 7.80. The monoisotopic (exact) mass is 270 g/mol. The Labute approximate surface area is 114 Å². The summed E-state index contributed by atoms with van der Waals surface area (Å²) in [7, 11) is 1.83. The fourth-order valence-electron chi connectivity index (χ4n) is 1.90. The molecule has 0 fully saturated rings. The Morgan fingerprint density at radius 1 is 1.44 bits per heavy atom. The molecule has 0 aliphatic heterocycles. The van der Waals surface area contributed by atoms with Crippen LogP contribution in [0.3, 0.4) is 0 Å². The average Bonchev–Trinajstić information content (AvgIpc) is 2.59. The predicted molar refractivity (Wildman–Crippen MR) is 77.1 cm³/mol. The minimum Gasteiger partial charge on any atom is -0.476 e. The van der Waals surface area contributed by atoms with Crippen molar-refractivity contribution in [2.75, 3.05) is 26.2 Å². The van der Waals surface area contributed by atoms with Crippen molar-refractivity contribution in [3.63, 3.8) is 0 Å². The van der Waals surface area contributed by atoms with Crippen LogP contribution in [0.5, 0.6) is 5.88 Å². The number of aromatic nitrogens is 2. The Balaban J connectivity index is 2.70. The number of hydrogen-bond donors (Lipinski definition) is 1. The van der Waals surface area contributed by atoms with Crippen molar-refractivity contribution in [1.29, 1.82) is 0 Å². The second kappa shape index (κ2) is 6.70. The van der Waals surface area contributed by atoms with Crippen LogP contribution in [0.15, 0.2) is 0 Å². The van der Waals surface area contributed by atoms with Gasteiger partial charge in [-0.05, 0) is 20.0 Å². The molecule has 0 bridgehead atoms. The molecule has 1 rings (SSSR count). The van der Waals surface area contributed by atoms with Crippen molar-refractivity contribution in [2.45, 2.75) is 20.8 Å². The lowest BCUT2D eigenvalue weighted by atomic mass is 10.2. The van der Waals surface area contributed by atoms with Crippen molar-refractivity contribution in [2.24, 2.45) is 12.8 Å². The largest absolute Gasteiger partial charge is 0.476 e. The first kappa shape index (κ1) is 14.9. The minimum absolute atomic E-state index is 0.332. The molecular formula is C12H22N4OS. The van der Waals surface area contributed by atoms with Crippen LogP contribution in [0, 0.1) is 6.92 Å². The molecule has 18 heavy (non-hydrogen) atoms. The van der Waals surface area contributed by atoms with E-state index in [9.17, 15) is 0 Å². The fraction of sp³-hybridized carbons (Fsp3) is 0.667. The highest BCUT2D eigenvalue weighted by Gasteiger charge is 2.17. The maximum atomic E-state index is 5.78. The third-order valence-corrected chi connectivity index (χ3v) is 3.16. The standard InChI is InChI=1S/C12H22N4OS/c1-5-16(6-2)7-8-17-12-10(11(13)18)9(3)14-15(12)4/h5-8H2,1-4H3,(H2,13,18). The zero-order valence-electron chi connectivity index (χ0n) is 11.6. The van der Waals surface area contributed by atoms with Gasteiger partial charge in [0.15, 0.2) is 0 Å². The number of thiocarbonyl (C=S) groups is 1. The Hall–Kier alpha value is -1.14. The lowest BCUT2D eigenvalue weighted by Gasteiger charge is -2.18. The molecule has 0 atom stereocenters. The van der Waals surface area contributed by atoms with E-state index in [4.69, 9.17) is 22.7 Å². The predicted octanol–water partition coefficient (Wildman–Crippen LogP) is 1.08. The van der Waals surface area contributed by atoms with E-state index < -0.39 is 0 Å². The molecule has 0 radical (unpaired) electrons. The first-order valence-electron chi connectivity index (χ1n) is 6.19. The van der Waals surface area contributed by atoms with E-state index in [-0.39, 0.29) is 0 Å². The van der Waals surface area contributed by atoms with E-state index in [1.54, 1.807) is 4.68 Å². The van der Waals surface area contributed by atoms with Crippen LogP contribution < -0.4 is 10.5 Å². The van der Waals surface area contributed by atoms with Crippen LogP contribution in [-0.2, 0) is 7.05 Å². The van der Waals surface area contributed by atoms with Gasteiger partial charge in [-0.2, -0.15) is 5.10 Å². The summed E-state index contributed by atoms with van der Waals surface area (Å²) in [6.07, 6.45) is 0. The fourth-order valence-corrected chi connectivity index (χ4v) is 2.13. The van der Waals surface area contributed by atoms with Gasteiger partial charge in [0.1, 0.15) is 11.6 Å². The number of likely N-dealkylation sites (N-methyl/N-ethyl adjacent to an activating group) is 1. The first-order chi connectivity index (χ1) is 8.51. The molecule has 0 saturated heterocycles. The van der Waals surface area contributed by atoms with Gasteiger partial charge in [-0.15, -0.1) is 0 Å². The topological polar surface area (TPSA) is 56.3 Å². The van der Waals surface area contributed by atoms with Gasteiger partial charge < -0.3 is 15.4 Å². The molecule has 0 spiro atoms. The van der Waals surface area contributed by atoms with Gasteiger partial charge in [-0.3, -0.25) is 0 Å². The van der Waals surface area contributed by atoms with Crippen molar-refractivity contribution in [1.82, 2.24) is 14.7 Å². The Kier molecular flexibility index (Phi) is 5.55. The molecule has 1 aromatic heterocycles. The number of aryl methyl sites for hydroxylation is 2. The second-order valence-electron chi connectivity index (χ2n) is 4.13. The lowest BCUT2D eigenvalue weighted by molar-refractivity contribution is 0.212. The second-order valence-corrected chi connectivity index (χ2v) is 4.57. The maximum Gasteiger partial charge on any atom is 0.222 e. The summed E-state index contributed by atoms with van der Waals surface area (Å²) in [4.78, 5) is 2.63. The van der Waals surface area contributed by atoms with Crippen molar-refractivity contribution >= 4 is 17.2 Å². The smallest absolute Gasteiger partial charge is 0.222 e. The SMILES string of the molecule is CCN(CC)CCOc1c(C(N)=S)c(C)nn1C. The van der Waals surface area contributed by atoms with Gasteiger partial charge >= 0.3 is 0 Å². The molecule has 0 unspecified atom stereocenters. The molecule has 1 heterocycles. The van der Waals surface area contributed by atoms with E-state index in [0.29, 0.717) is 17.5 Å². The maximum absolute atomic E-state index is 5.78. The van der Waals surface area contributed by atoms with Gasteiger partial charge in [0, 0.05) is 13.6 Å². The summed E-state index contributed by atoms with van der Waals surface area (Å²) < 4.78 is 7.46. The third kappa shape index (κ3) is 3.43. The van der Waals surface area contributed by atoms with Crippen LogP contribution in [0.2, 0.25) is 0 Å².